The van der Waals surface area contributed by atoms with Gasteiger partial charge in [0.1, 0.15) is 5.82 Å². The number of carbonyl (C=O) groups excluding carboxylic acids is 1. The minimum Gasteiger partial charge on any atom is -0.357 e. The molecule has 1 atom stereocenters. The van der Waals surface area contributed by atoms with E-state index in [9.17, 15) is 4.79 Å². The van der Waals surface area contributed by atoms with Crippen molar-refractivity contribution in [3.8, 4) is 0 Å². The number of amides is 1. The lowest BCUT2D eigenvalue weighted by molar-refractivity contribution is 0.0939. The fraction of sp³-hybridized carbons (Fsp3) is 0.625. The average molecular weight is 307 g/mol. The molecule has 1 aromatic heterocycles. The van der Waals surface area contributed by atoms with Crippen molar-refractivity contribution in [2.24, 2.45) is 0 Å². The highest BCUT2D eigenvalue weighted by Gasteiger charge is 2.15. The summed E-state index contributed by atoms with van der Waals surface area (Å²) < 4.78 is 0. The predicted molar refractivity (Wildman–Crippen MR) is 90.2 cm³/mol. The van der Waals surface area contributed by atoms with Gasteiger partial charge in [-0.25, -0.2) is 4.98 Å². The topological polar surface area (TPSA) is 45.2 Å². The van der Waals surface area contributed by atoms with E-state index >= 15 is 0 Å². The van der Waals surface area contributed by atoms with Gasteiger partial charge in [-0.2, -0.15) is 11.8 Å². The van der Waals surface area contributed by atoms with Gasteiger partial charge in [-0.05, 0) is 49.8 Å². The minimum absolute atomic E-state index is 0.0236. The summed E-state index contributed by atoms with van der Waals surface area (Å²) in [4.78, 5) is 18.8. The maximum absolute atomic E-state index is 12.1. The molecule has 116 valence electrons. The Kier molecular flexibility index (Phi) is 6.36. The van der Waals surface area contributed by atoms with Crippen LogP contribution in [0.4, 0.5) is 5.82 Å². The number of rotatable bonds is 7. The molecule has 0 spiro atoms. The van der Waals surface area contributed by atoms with Crippen molar-refractivity contribution in [3.05, 3.63) is 23.9 Å². The lowest BCUT2D eigenvalue weighted by Crippen LogP contribution is -2.33. The van der Waals surface area contributed by atoms with Crippen LogP contribution < -0.4 is 10.2 Å². The monoisotopic (exact) mass is 307 g/mol. The second-order valence-corrected chi connectivity index (χ2v) is 6.85. The van der Waals surface area contributed by atoms with Crippen LogP contribution in [-0.4, -0.2) is 41.5 Å². The Bertz CT molecular complexity index is 443. The first-order chi connectivity index (χ1) is 10.2. The van der Waals surface area contributed by atoms with E-state index in [4.69, 9.17) is 0 Å². The molecule has 0 aromatic carbocycles. The largest absolute Gasteiger partial charge is 0.357 e. The van der Waals surface area contributed by atoms with E-state index in [1.165, 1.54) is 12.8 Å². The van der Waals surface area contributed by atoms with Gasteiger partial charge in [-0.1, -0.05) is 6.92 Å². The Morgan fingerprint density at radius 1 is 1.43 bits per heavy atom. The van der Waals surface area contributed by atoms with E-state index in [-0.39, 0.29) is 11.9 Å². The summed E-state index contributed by atoms with van der Waals surface area (Å²) in [5.41, 5.74) is 0.646. The number of hydrogen-bond acceptors (Lipinski definition) is 4. The Hall–Kier alpha value is -1.23. The number of nitrogens with one attached hydrogen (secondary N) is 1. The summed E-state index contributed by atoms with van der Waals surface area (Å²) in [7, 11) is 0. The van der Waals surface area contributed by atoms with Crippen LogP contribution in [0.1, 0.15) is 43.5 Å². The second-order valence-electron chi connectivity index (χ2n) is 5.46. The van der Waals surface area contributed by atoms with E-state index in [2.05, 4.69) is 29.0 Å². The zero-order valence-electron chi connectivity index (χ0n) is 13.0. The smallest absolute Gasteiger partial charge is 0.253 e. The summed E-state index contributed by atoms with van der Waals surface area (Å²) in [5, 5.41) is 3.04. The van der Waals surface area contributed by atoms with Crippen molar-refractivity contribution < 1.29 is 4.79 Å². The van der Waals surface area contributed by atoms with Gasteiger partial charge in [0.25, 0.3) is 5.91 Å². The van der Waals surface area contributed by atoms with Crippen molar-refractivity contribution in [2.75, 3.05) is 29.5 Å². The molecule has 0 saturated carbocycles. The van der Waals surface area contributed by atoms with Crippen LogP contribution in [0.15, 0.2) is 18.3 Å². The van der Waals surface area contributed by atoms with Gasteiger partial charge < -0.3 is 10.2 Å². The molecule has 0 radical (unpaired) electrons. The maximum Gasteiger partial charge on any atom is 0.253 e. The number of nitrogens with zero attached hydrogens (tertiary/aromatic N) is 2. The lowest BCUT2D eigenvalue weighted by Gasteiger charge is -2.17. The minimum atomic E-state index is -0.0236. The highest BCUT2D eigenvalue weighted by Crippen LogP contribution is 2.17. The SMILES string of the molecule is CCSCC[C@H](C)NC(=O)c1ccc(N2CCCC2)nc1. The van der Waals surface area contributed by atoms with Gasteiger partial charge in [0.2, 0.25) is 0 Å². The van der Waals surface area contributed by atoms with Gasteiger partial charge >= 0.3 is 0 Å². The zero-order chi connectivity index (χ0) is 15.1. The first kappa shape index (κ1) is 16.1. The first-order valence-corrected chi connectivity index (χ1v) is 8.95. The Labute approximate surface area is 131 Å². The van der Waals surface area contributed by atoms with Gasteiger partial charge in [-0.15, -0.1) is 0 Å². The molecule has 1 saturated heterocycles. The predicted octanol–water partition coefficient (Wildman–Crippen LogP) is 2.94. The maximum atomic E-state index is 12.1. The van der Waals surface area contributed by atoms with Crippen LogP contribution in [0.5, 0.6) is 0 Å². The van der Waals surface area contributed by atoms with Crippen LogP contribution >= 0.6 is 11.8 Å². The van der Waals surface area contributed by atoms with Crippen LogP contribution in [0.2, 0.25) is 0 Å². The number of pyridine rings is 1. The zero-order valence-corrected chi connectivity index (χ0v) is 13.8. The normalized spacial score (nSPS) is 16.0. The molecular formula is C16H25N3OS. The first-order valence-electron chi connectivity index (χ1n) is 7.80. The van der Waals surface area contributed by atoms with Gasteiger partial charge in [0, 0.05) is 25.3 Å². The molecule has 0 unspecified atom stereocenters. The number of carbonyl (C=O) groups is 1. The number of aromatic nitrogens is 1. The third-order valence-electron chi connectivity index (χ3n) is 3.72. The molecule has 0 bridgehead atoms. The second kappa shape index (κ2) is 8.27. The van der Waals surface area contributed by atoms with E-state index in [1.54, 1.807) is 6.20 Å². The molecular weight excluding hydrogens is 282 g/mol. The molecule has 1 aliphatic heterocycles. The van der Waals surface area contributed by atoms with Crippen molar-refractivity contribution in [2.45, 2.75) is 39.2 Å². The van der Waals surface area contributed by atoms with Gasteiger partial charge in [-0.3, -0.25) is 4.79 Å². The summed E-state index contributed by atoms with van der Waals surface area (Å²) in [6, 6.07) is 4.04. The summed E-state index contributed by atoms with van der Waals surface area (Å²) in [6.45, 7) is 6.36. The van der Waals surface area contributed by atoms with Gasteiger partial charge in [0.15, 0.2) is 0 Å². The molecule has 2 heterocycles. The highest BCUT2D eigenvalue weighted by atomic mass is 32.2. The van der Waals surface area contributed by atoms with E-state index in [0.29, 0.717) is 5.56 Å². The van der Waals surface area contributed by atoms with Crippen LogP contribution in [-0.2, 0) is 0 Å². The van der Waals surface area contributed by atoms with Crippen LogP contribution in [0, 0.1) is 0 Å². The Morgan fingerprint density at radius 3 is 2.81 bits per heavy atom. The van der Waals surface area contributed by atoms with Crippen molar-refractivity contribution in [3.63, 3.8) is 0 Å². The third-order valence-corrected chi connectivity index (χ3v) is 4.65. The van der Waals surface area contributed by atoms with E-state index < -0.39 is 0 Å². The quantitative estimate of drug-likeness (QED) is 0.787. The molecule has 5 heteroatoms. The van der Waals surface area contributed by atoms with E-state index in [1.807, 2.05) is 23.9 Å². The van der Waals surface area contributed by atoms with E-state index in [0.717, 1.165) is 36.8 Å². The Morgan fingerprint density at radius 2 is 2.19 bits per heavy atom. The molecule has 1 aliphatic rings. The Balaban J connectivity index is 1.84. The van der Waals surface area contributed by atoms with Crippen molar-refractivity contribution in [1.82, 2.24) is 10.3 Å². The summed E-state index contributed by atoms with van der Waals surface area (Å²) in [6.07, 6.45) is 5.16. The molecule has 1 fully saturated rings. The lowest BCUT2D eigenvalue weighted by atomic mass is 10.2. The number of thioether (sulfide) groups is 1. The van der Waals surface area contributed by atoms with Crippen molar-refractivity contribution in [1.29, 1.82) is 0 Å². The molecule has 1 N–H and O–H groups in total. The molecule has 4 nitrogen and oxygen atoms in total. The third kappa shape index (κ3) is 4.92. The standard InChI is InChI=1S/C16H25N3OS/c1-3-21-11-8-13(2)18-16(20)14-6-7-15(17-12-14)19-9-4-5-10-19/h6-7,12-13H,3-5,8-11H2,1-2H3,(H,18,20)/t13-/m0/s1. The van der Waals surface area contributed by atoms with Gasteiger partial charge in [0.05, 0.1) is 5.56 Å². The fourth-order valence-corrected chi connectivity index (χ4v) is 3.25. The number of hydrogen-bond donors (Lipinski definition) is 1. The summed E-state index contributed by atoms with van der Waals surface area (Å²) in [5.74, 6) is 3.17. The van der Waals surface area contributed by atoms with Crippen LogP contribution in [0.25, 0.3) is 0 Å². The van der Waals surface area contributed by atoms with Crippen molar-refractivity contribution >= 4 is 23.5 Å². The molecule has 1 amide bonds. The molecule has 1 aromatic rings. The molecule has 0 aliphatic carbocycles. The molecule has 2 rings (SSSR count). The van der Waals surface area contributed by atoms with Crippen LogP contribution in [0.3, 0.4) is 0 Å². The molecule has 21 heavy (non-hydrogen) atoms. The number of anilines is 1. The fourth-order valence-electron chi connectivity index (χ4n) is 2.44. The average Bonchev–Trinajstić information content (AvgIpc) is 3.02. The summed E-state index contributed by atoms with van der Waals surface area (Å²) >= 11 is 1.91. The highest BCUT2D eigenvalue weighted by molar-refractivity contribution is 7.99.